The Bertz CT molecular complexity index is 189. The fourth-order valence-electron chi connectivity index (χ4n) is 1.46. The van der Waals surface area contributed by atoms with E-state index < -0.39 is 19.0 Å². The Hall–Kier alpha value is -0.251. The number of carbonyl (C=O) groups is 1. The van der Waals surface area contributed by atoms with Crippen molar-refractivity contribution in [1.82, 2.24) is 5.32 Å². The topological polar surface area (TPSA) is 66.4 Å². The summed E-state index contributed by atoms with van der Waals surface area (Å²) in [6.45, 7) is 0. The number of hydrogen-bond acceptors (Lipinski definition) is 2. The summed E-state index contributed by atoms with van der Waals surface area (Å²) in [6.07, 6.45) is 5.33. The van der Waals surface area contributed by atoms with Gasteiger partial charge in [-0.3, -0.25) is 0 Å². The predicted octanol–water partition coefficient (Wildman–Crippen LogP) is 0.521. The fraction of sp³-hybridized carbons (Fsp3) is 0.857. The average molecular weight is 238 g/mol. The van der Waals surface area contributed by atoms with Gasteiger partial charge in [0, 0.05) is 0 Å². The molecular weight excluding hydrogens is 225 g/mol. The number of carbonyl (C=O) groups excluding carboxylic acids is 1. The van der Waals surface area contributed by atoms with Crippen LogP contribution in [0.25, 0.3) is 0 Å². The van der Waals surface area contributed by atoms with Gasteiger partial charge in [-0.25, -0.2) is 0 Å². The Morgan fingerprint density at radius 2 is 1.92 bits per heavy atom. The quantitative estimate of drug-likeness (QED) is 0.689. The average Bonchev–Trinajstić information content (AvgIpc) is 2.06. The van der Waals surface area contributed by atoms with Gasteiger partial charge >= 0.3 is 75.2 Å². The molecule has 70 valence electrons. The SMILES string of the molecule is O=C(NC1CCCCC1)[Se](=O)O. The molecule has 1 amide bonds. The maximum atomic E-state index is 10.8. The van der Waals surface area contributed by atoms with E-state index in [1.807, 2.05) is 0 Å². The van der Waals surface area contributed by atoms with Crippen molar-refractivity contribution in [3.8, 4) is 0 Å². The van der Waals surface area contributed by atoms with Crippen LogP contribution >= 0.6 is 0 Å². The zero-order chi connectivity index (χ0) is 8.97. The minimum atomic E-state index is -3.21. The molecule has 0 aromatic carbocycles. The summed E-state index contributed by atoms with van der Waals surface area (Å²) in [5.74, 6) is 0. The van der Waals surface area contributed by atoms with E-state index in [9.17, 15) is 8.63 Å². The van der Waals surface area contributed by atoms with Crippen LogP contribution in [0.4, 0.5) is 4.79 Å². The first-order valence-electron chi connectivity index (χ1n) is 4.11. The van der Waals surface area contributed by atoms with Gasteiger partial charge in [0.2, 0.25) is 0 Å². The Balaban J connectivity index is 2.29. The summed E-state index contributed by atoms with van der Waals surface area (Å²) in [7, 11) is 0. The zero-order valence-corrected chi connectivity index (χ0v) is 8.50. The van der Waals surface area contributed by atoms with Crippen LogP contribution in [0, 0.1) is 0 Å². The number of hydrogen-bond donors (Lipinski definition) is 2. The molecule has 5 heteroatoms. The summed E-state index contributed by atoms with van der Waals surface area (Å²) < 4.78 is 18.9. The Morgan fingerprint density at radius 3 is 2.42 bits per heavy atom. The van der Waals surface area contributed by atoms with Gasteiger partial charge in [-0.15, -0.1) is 0 Å². The van der Waals surface area contributed by atoms with Crippen molar-refractivity contribution >= 4 is 19.0 Å². The van der Waals surface area contributed by atoms with Gasteiger partial charge in [-0.1, -0.05) is 0 Å². The van der Waals surface area contributed by atoms with Crippen LogP contribution in [-0.2, 0) is 3.83 Å². The molecule has 0 saturated heterocycles. The molecule has 0 aromatic heterocycles. The summed E-state index contributed by atoms with van der Waals surface area (Å²) in [6, 6.07) is 0.138. The third-order valence-electron chi connectivity index (χ3n) is 2.09. The summed E-state index contributed by atoms with van der Waals surface area (Å²) in [5.41, 5.74) is 0. The molecule has 12 heavy (non-hydrogen) atoms. The molecule has 0 bridgehead atoms. The van der Waals surface area contributed by atoms with E-state index >= 15 is 0 Å². The number of nitrogens with one attached hydrogen (secondary N) is 1. The molecule has 1 unspecified atom stereocenters. The van der Waals surface area contributed by atoms with Crippen LogP contribution < -0.4 is 5.32 Å². The van der Waals surface area contributed by atoms with Gasteiger partial charge in [0.05, 0.1) is 0 Å². The van der Waals surface area contributed by atoms with Crippen molar-refractivity contribution in [2.45, 2.75) is 38.1 Å². The fourth-order valence-corrected chi connectivity index (χ4v) is 2.03. The molecule has 4 nitrogen and oxygen atoms in total. The summed E-state index contributed by atoms with van der Waals surface area (Å²) in [5, 5.41) is 2.57. The number of rotatable bonds is 2. The van der Waals surface area contributed by atoms with E-state index in [0.29, 0.717) is 0 Å². The second-order valence-corrected chi connectivity index (χ2v) is 4.84. The normalized spacial score (nSPS) is 21.8. The first kappa shape index (κ1) is 9.83. The van der Waals surface area contributed by atoms with Gasteiger partial charge in [0.25, 0.3) is 0 Å². The molecule has 0 heterocycles. The van der Waals surface area contributed by atoms with Crippen LogP contribution in [0.15, 0.2) is 0 Å². The van der Waals surface area contributed by atoms with E-state index in [4.69, 9.17) is 4.19 Å². The van der Waals surface area contributed by atoms with Crippen LogP contribution in [0.5, 0.6) is 0 Å². The molecule has 1 fully saturated rings. The molecule has 1 aliphatic carbocycles. The van der Waals surface area contributed by atoms with E-state index in [1.165, 1.54) is 6.42 Å². The number of amides is 1. The predicted molar refractivity (Wildman–Crippen MR) is 44.1 cm³/mol. The molecule has 1 saturated carbocycles. The van der Waals surface area contributed by atoms with Gasteiger partial charge in [-0.2, -0.15) is 0 Å². The second kappa shape index (κ2) is 4.70. The van der Waals surface area contributed by atoms with Gasteiger partial charge in [0.15, 0.2) is 0 Å². The standard InChI is InChI=1S/C7H13NO3Se/c9-7(12(10)11)8-6-4-2-1-3-5-6/h6H,1-5H2,(H,8,9)(H,10,11). The van der Waals surface area contributed by atoms with Crippen molar-refractivity contribution in [3.05, 3.63) is 0 Å². The van der Waals surface area contributed by atoms with Crippen LogP contribution in [0.1, 0.15) is 32.1 Å². The van der Waals surface area contributed by atoms with E-state index in [0.717, 1.165) is 25.7 Å². The first-order valence-corrected chi connectivity index (χ1v) is 6.43. The molecule has 2 N–H and O–H groups in total. The van der Waals surface area contributed by atoms with Crippen molar-refractivity contribution in [2.24, 2.45) is 0 Å². The molecule has 0 aliphatic heterocycles. The summed E-state index contributed by atoms with van der Waals surface area (Å²) in [4.78, 5) is 10.1. The molecule has 1 atom stereocenters. The zero-order valence-electron chi connectivity index (χ0n) is 6.78. The molecular formula is C7H13NO3Se. The van der Waals surface area contributed by atoms with Crippen molar-refractivity contribution in [2.75, 3.05) is 0 Å². The molecule has 1 rings (SSSR count). The second-order valence-electron chi connectivity index (χ2n) is 3.02. The first-order chi connectivity index (χ1) is 5.70. The third kappa shape index (κ3) is 3.01. The van der Waals surface area contributed by atoms with Crippen molar-refractivity contribution in [1.29, 1.82) is 0 Å². The van der Waals surface area contributed by atoms with Crippen LogP contribution in [0.2, 0.25) is 0 Å². The molecule has 0 spiro atoms. The van der Waals surface area contributed by atoms with Crippen molar-refractivity contribution < 1.29 is 12.8 Å². The van der Waals surface area contributed by atoms with E-state index in [-0.39, 0.29) is 6.04 Å². The van der Waals surface area contributed by atoms with Gasteiger partial charge in [0.1, 0.15) is 0 Å². The van der Waals surface area contributed by atoms with Gasteiger partial charge < -0.3 is 0 Å². The summed E-state index contributed by atoms with van der Waals surface area (Å²) >= 11 is -3.21. The van der Waals surface area contributed by atoms with E-state index in [1.54, 1.807) is 0 Å². The minimum absolute atomic E-state index is 0.138. The van der Waals surface area contributed by atoms with Crippen LogP contribution in [0.3, 0.4) is 0 Å². The Morgan fingerprint density at radius 1 is 1.33 bits per heavy atom. The van der Waals surface area contributed by atoms with Gasteiger partial charge in [-0.05, 0) is 0 Å². The monoisotopic (exact) mass is 239 g/mol. The molecule has 0 aromatic rings. The molecule has 0 radical (unpaired) electrons. The Kier molecular flexibility index (Phi) is 3.85. The molecule has 1 aliphatic rings. The van der Waals surface area contributed by atoms with Crippen molar-refractivity contribution in [3.63, 3.8) is 0 Å². The van der Waals surface area contributed by atoms with Crippen LogP contribution in [-0.4, -0.2) is 29.2 Å². The van der Waals surface area contributed by atoms with E-state index in [2.05, 4.69) is 5.32 Å². The maximum absolute atomic E-state index is 10.8. The Labute approximate surface area is 75.8 Å². The third-order valence-corrected chi connectivity index (χ3v) is 3.00.